The van der Waals surface area contributed by atoms with Crippen LogP contribution in [0.1, 0.15) is 16.8 Å². The molecule has 1 aromatic heterocycles. The molecule has 60 valence electrons. The predicted octanol–water partition coefficient (Wildman–Crippen LogP) is -0.987. The summed E-state index contributed by atoms with van der Waals surface area (Å²) in [7, 11) is 2.49. The molecular weight excluding hydrogens is 194 g/mol. The van der Waals surface area contributed by atoms with Crippen LogP contribution in [0, 0.1) is 27.0 Å². The molecule has 0 saturated carbocycles. The van der Waals surface area contributed by atoms with Crippen molar-refractivity contribution < 1.29 is 51.4 Å². The number of pyridine rings is 1. The summed E-state index contributed by atoms with van der Waals surface area (Å²) in [5.41, 5.74) is 4.39. The van der Waals surface area contributed by atoms with E-state index in [1.54, 1.807) is 0 Å². The predicted molar refractivity (Wildman–Crippen MR) is 50.6 cm³/mol. The largest absolute Gasteiger partial charge is 1.00 e. The van der Waals surface area contributed by atoms with E-state index in [0.717, 1.165) is 16.9 Å². The van der Waals surface area contributed by atoms with Gasteiger partial charge in [-0.2, -0.15) is 0 Å². The minimum atomic E-state index is 0. The van der Waals surface area contributed by atoms with Crippen LogP contribution in [0.15, 0.2) is 0 Å². The molecule has 0 aliphatic carbocycles. The van der Waals surface area contributed by atoms with Crippen LogP contribution in [-0.2, 0) is 0 Å². The average Bonchev–Trinajstić information content (AvgIpc) is 1.99. The van der Waals surface area contributed by atoms with E-state index in [0.29, 0.717) is 0 Å². The van der Waals surface area contributed by atoms with Crippen molar-refractivity contribution in [3.63, 3.8) is 0 Å². The van der Waals surface area contributed by atoms with Crippen LogP contribution in [0.3, 0.4) is 0 Å². The van der Waals surface area contributed by atoms with Gasteiger partial charge in [0.1, 0.15) is 0 Å². The Hall–Kier alpha value is 1.02. The molecule has 0 amide bonds. The van der Waals surface area contributed by atoms with Crippen molar-refractivity contribution in [2.24, 2.45) is 0 Å². The van der Waals surface area contributed by atoms with E-state index in [9.17, 15) is 0 Å². The molecule has 12 heavy (non-hydrogen) atoms. The van der Waals surface area contributed by atoms with Crippen molar-refractivity contribution in [3.8, 4) is 0 Å². The second-order valence-electron chi connectivity index (χ2n) is 2.58. The topological polar surface area (TPSA) is 24.9 Å². The van der Waals surface area contributed by atoms with Crippen molar-refractivity contribution in [1.82, 2.24) is 4.98 Å². The molecule has 0 fully saturated rings. The molecule has 1 unspecified atom stereocenters. The summed E-state index contributed by atoms with van der Waals surface area (Å²) in [6, 6.07) is 0. The van der Waals surface area contributed by atoms with Gasteiger partial charge in [0.2, 0.25) is 0 Å². The second kappa shape index (κ2) is 5.68. The smallest absolute Gasteiger partial charge is 0.421 e. The molecule has 0 bridgehead atoms. The Morgan fingerprint density at radius 3 is 2.33 bits per heavy atom. The van der Waals surface area contributed by atoms with Crippen LogP contribution in [0.2, 0.25) is 0 Å². The maximum atomic E-state index is 4.11. The van der Waals surface area contributed by atoms with Crippen LogP contribution in [-0.4, -0.2) is 4.98 Å². The SMILES string of the molecule is Cc1[c-]nc(C)c(C)c1NP.[K+]. The van der Waals surface area contributed by atoms with E-state index in [1.807, 2.05) is 13.8 Å². The molecule has 0 spiro atoms. The number of hydrogen-bond acceptors (Lipinski definition) is 2. The number of rotatable bonds is 1. The standard InChI is InChI=1S/C8H12N2P.K/c1-5-4-9-7(3)6(2)8(5)10-11;/h11H2,1-3H3,(H,9,10);/q-1;+1. The van der Waals surface area contributed by atoms with Gasteiger partial charge in [-0.15, -0.1) is 11.1 Å². The van der Waals surface area contributed by atoms with Crippen molar-refractivity contribution in [1.29, 1.82) is 0 Å². The van der Waals surface area contributed by atoms with Crippen LogP contribution in [0.4, 0.5) is 5.69 Å². The first-order chi connectivity index (χ1) is 5.16. The van der Waals surface area contributed by atoms with Crippen molar-refractivity contribution >= 4 is 15.1 Å². The number of anilines is 1. The zero-order valence-electron chi connectivity index (χ0n) is 8.02. The Balaban J connectivity index is 0.00000121. The molecule has 1 heterocycles. The van der Waals surface area contributed by atoms with Crippen LogP contribution < -0.4 is 56.5 Å². The van der Waals surface area contributed by atoms with Gasteiger partial charge in [0, 0.05) is 0 Å². The fourth-order valence-corrected chi connectivity index (χ4v) is 1.42. The molecule has 0 aromatic carbocycles. The maximum absolute atomic E-state index is 4.11. The van der Waals surface area contributed by atoms with Gasteiger partial charge in [0.05, 0.1) is 0 Å². The number of nitrogens with zero attached hydrogens (tertiary/aromatic N) is 1. The molecule has 0 aliphatic rings. The van der Waals surface area contributed by atoms with E-state index in [-0.39, 0.29) is 51.4 Å². The molecule has 1 aromatic rings. The summed E-state index contributed by atoms with van der Waals surface area (Å²) in [6.45, 7) is 6.03. The first-order valence-corrected chi connectivity index (χ1v) is 4.06. The van der Waals surface area contributed by atoms with Gasteiger partial charge in [-0.05, 0) is 0 Å². The van der Waals surface area contributed by atoms with Gasteiger partial charge in [-0.1, -0.05) is 47.7 Å². The van der Waals surface area contributed by atoms with Gasteiger partial charge < -0.3 is 10.1 Å². The number of aromatic nitrogens is 1. The van der Waals surface area contributed by atoms with E-state index in [4.69, 9.17) is 0 Å². The van der Waals surface area contributed by atoms with Gasteiger partial charge >= 0.3 is 51.4 Å². The molecule has 0 saturated heterocycles. The second-order valence-corrected chi connectivity index (χ2v) is 2.87. The van der Waals surface area contributed by atoms with Crippen molar-refractivity contribution in [2.45, 2.75) is 20.8 Å². The zero-order chi connectivity index (χ0) is 8.43. The van der Waals surface area contributed by atoms with Crippen LogP contribution >= 0.6 is 9.39 Å². The molecule has 1 N–H and O–H groups in total. The zero-order valence-corrected chi connectivity index (χ0v) is 12.3. The van der Waals surface area contributed by atoms with Gasteiger partial charge in [-0.25, -0.2) is 0 Å². The Kier molecular flexibility index (Phi) is 6.17. The Morgan fingerprint density at radius 1 is 1.33 bits per heavy atom. The van der Waals surface area contributed by atoms with E-state index in [2.05, 4.69) is 32.6 Å². The summed E-state index contributed by atoms with van der Waals surface area (Å²) < 4.78 is 0. The molecule has 1 atom stereocenters. The third kappa shape index (κ3) is 2.76. The molecular formula is C8H12KN2P. The third-order valence-electron chi connectivity index (χ3n) is 1.83. The third-order valence-corrected chi connectivity index (χ3v) is 2.12. The molecule has 0 aliphatic heterocycles. The van der Waals surface area contributed by atoms with Gasteiger partial charge in [0.25, 0.3) is 0 Å². The van der Waals surface area contributed by atoms with Gasteiger partial charge in [0.15, 0.2) is 0 Å². The fourth-order valence-electron chi connectivity index (χ4n) is 0.986. The molecule has 0 radical (unpaired) electrons. The first-order valence-electron chi connectivity index (χ1n) is 3.49. The number of nitrogens with one attached hydrogen (secondary N) is 1. The van der Waals surface area contributed by atoms with E-state index in [1.165, 1.54) is 5.56 Å². The minimum Gasteiger partial charge on any atom is -0.421 e. The van der Waals surface area contributed by atoms with Crippen molar-refractivity contribution in [3.05, 3.63) is 23.0 Å². The van der Waals surface area contributed by atoms with Gasteiger partial charge in [-0.3, -0.25) is 0 Å². The Bertz CT molecular complexity index is 276. The monoisotopic (exact) mass is 206 g/mol. The number of hydrogen-bond donors (Lipinski definition) is 1. The van der Waals surface area contributed by atoms with Crippen molar-refractivity contribution in [2.75, 3.05) is 5.09 Å². The van der Waals surface area contributed by atoms with Crippen LogP contribution in [0.5, 0.6) is 0 Å². The van der Waals surface area contributed by atoms with E-state index >= 15 is 0 Å². The quantitative estimate of drug-likeness (QED) is 0.363. The molecule has 2 nitrogen and oxygen atoms in total. The summed E-state index contributed by atoms with van der Waals surface area (Å²) in [6.07, 6.45) is 2.93. The minimum absolute atomic E-state index is 0. The van der Waals surface area contributed by atoms with Crippen LogP contribution in [0.25, 0.3) is 0 Å². The summed E-state index contributed by atoms with van der Waals surface area (Å²) in [4.78, 5) is 4.11. The Labute approximate surface area is 119 Å². The summed E-state index contributed by atoms with van der Waals surface area (Å²) >= 11 is 0. The fraction of sp³-hybridized carbons (Fsp3) is 0.375. The Morgan fingerprint density at radius 2 is 1.92 bits per heavy atom. The first kappa shape index (κ1) is 13.0. The molecule has 4 heteroatoms. The number of aryl methyl sites for hydroxylation is 2. The summed E-state index contributed by atoms with van der Waals surface area (Å²) in [5, 5.41) is 3.05. The average molecular weight is 206 g/mol. The molecule has 1 rings (SSSR count). The van der Waals surface area contributed by atoms with E-state index < -0.39 is 0 Å². The normalized spacial score (nSPS) is 9.00. The maximum Gasteiger partial charge on any atom is 1.00 e. The summed E-state index contributed by atoms with van der Waals surface area (Å²) in [5.74, 6) is 0.